The van der Waals surface area contributed by atoms with Crippen LogP contribution in [0.2, 0.25) is 0 Å². The Morgan fingerprint density at radius 3 is 2.39 bits per heavy atom. The van der Waals surface area contributed by atoms with Gasteiger partial charge in [-0.15, -0.1) is 11.3 Å². The maximum absolute atomic E-state index is 13.1. The molecule has 0 fully saturated rings. The molecule has 0 aliphatic rings. The van der Waals surface area contributed by atoms with Crippen molar-refractivity contribution >= 4 is 17.2 Å². The number of thiophene rings is 1. The number of hydrogen-bond donors (Lipinski definition) is 0. The number of nitrogens with zero attached hydrogens (tertiary/aromatic N) is 1. The van der Waals surface area contributed by atoms with E-state index in [1.165, 1.54) is 23.5 Å². The van der Waals surface area contributed by atoms with Crippen molar-refractivity contribution in [2.75, 3.05) is 27.8 Å². The summed E-state index contributed by atoms with van der Waals surface area (Å²) in [5.74, 6) is 1.06. The minimum atomic E-state index is -0.272. The Morgan fingerprint density at radius 2 is 1.71 bits per heavy atom. The van der Waals surface area contributed by atoms with Crippen LogP contribution in [0.1, 0.15) is 15.2 Å². The van der Waals surface area contributed by atoms with Crippen LogP contribution in [0.4, 0.5) is 4.39 Å². The van der Waals surface area contributed by atoms with Gasteiger partial charge in [0.05, 0.1) is 19.1 Å². The third kappa shape index (κ3) is 4.51. The molecule has 2 aromatic carbocycles. The molecule has 3 rings (SSSR count). The van der Waals surface area contributed by atoms with E-state index < -0.39 is 0 Å². The van der Waals surface area contributed by atoms with Crippen molar-refractivity contribution in [2.24, 2.45) is 0 Å². The number of benzene rings is 2. The highest BCUT2D eigenvalue weighted by Crippen LogP contribution is 2.30. The number of rotatable bonds is 7. The van der Waals surface area contributed by atoms with Gasteiger partial charge >= 0.3 is 0 Å². The van der Waals surface area contributed by atoms with Crippen molar-refractivity contribution in [2.45, 2.75) is 6.42 Å². The van der Waals surface area contributed by atoms with E-state index in [4.69, 9.17) is 9.47 Å². The number of amides is 1. The average molecular weight is 399 g/mol. The summed E-state index contributed by atoms with van der Waals surface area (Å²) in [7, 11) is 5.00. The van der Waals surface area contributed by atoms with Crippen LogP contribution in [-0.4, -0.2) is 38.6 Å². The van der Waals surface area contributed by atoms with Crippen LogP contribution < -0.4 is 9.47 Å². The van der Waals surface area contributed by atoms with Crippen LogP contribution in [0.3, 0.4) is 0 Å². The minimum Gasteiger partial charge on any atom is -0.493 e. The number of carbonyl (C=O) groups is 1. The Hall–Kier alpha value is -2.86. The molecule has 0 N–H and O–H groups in total. The molecular weight excluding hydrogens is 377 g/mol. The Bertz CT molecular complexity index is 953. The van der Waals surface area contributed by atoms with E-state index in [9.17, 15) is 9.18 Å². The summed E-state index contributed by atoms with van der Waals surface area (Å²) in [6.45, 7) is 0.581. The summed E-state index contributed by atoms with van der Waals surface area (Å²) >= 11 is 1.41. The summed E-state index contributed by atoms with van der Waals surface area (Å²) in [6, 6.07) is 15.8. The van der Waals surface area contributed by atoms with Crippen LogP contribution in [0.15, 0.2) is 54.6 Å². The number of ether oxygens (including phenoxy) is 2. The monoisotopic (exact) mass is 399 g/mol. The van der Waals surface area contributed by atoms with E-state index in [1.807, 2.05) is 30.3 Å². The Labute approximate surface area is 168 Å². The topological polar surface area (TPSA) is 38.8 Å². The van der Waals surface area contributed by atoms with Crippen LogP contribution in [-0.2, 0) is 6.42 Å². The zero-order chi connectivity index (χ0) is 20.1. The summed E-state index contributed by atoms with van der Waals surface area (Å²) < 4.78 is 23.7. The SMILES string of the molecule is COc1ccc(CCN(C)C(=O)c2ccc(-c3ccc(F)cc3)s2)cc1OC. The second-order valence-corrected chi connectivity index (χ2v) is 7.42. The normalized spacial score (nSPS) is 10.6. The van der Waals surface area contributed by atoms with Crippen LogP contribution in [0, 0.1) is 5.82 Å². The maximum atomic E-state index is 13.1. The summed E-state index contributed by atoms with van der Waals surface area (Å²) in [5.41, 5.74) is 1.97. The minimum absolute atomic E-state index is 0.0289. The molecule has 0 unspecified atom stereocenters. The van der Waals surface area contributed by atoms with E-state index in [0.29, 0.717) is 29.3 Å². The van der Waals surface area contributed by atoms with Crippen molar-refractivity contribution in [3.63, 3.8) is 0 Å². The molecule has 0 spiro atoms. The van der Waals surface area contributed by atoms with Crippen molar-refractivity contribution in [1.29, 1.82) is 0 Å². The van der Waals surface area contributed by atoms with Gasteiger partial charge in [-0.1, -0.05) is 18.2 Å². The van der Waals surface area contributed by atoms with Gasteiger partial charge in [-0.05, 0) is 53.9 Å². The zero-order valence-corrected chi connectivity index (χ0v) is 16.9. The van der Waals surface area contributed by atoms with Gasteiger partial charge in [0.15, 0.2) is 11.5 Å². The molecule has 6 heteroatoms. The van der Waals surface area contributed by atoms with Gasteiger partial charge in [0.2, 0.25) is 0 Å². The molecule has 146 valence electrons. The third-order valence-corrected chi connectivity index (χ3v) is 5.60. The quantitative estimate of drug-likeness (QED) is 0.568. The third-order valence-electron chi connectivity index (χ3n) is 4.48. The molecule has 1 heterocycles. The molecule has 0 radical (unpaired) electrons. The van der Waals surface area contributed by atoms with E-state index in [2.05, 4.69) is 0 Å². The fraction of sp³-hybridized carbons (Fsp3) is 0.227. The van der Waals surface area contributed by atoms with Crippen molar-refractivity contribution in [3.05, 3.63) is 70.9 Å². The van der Waals surface area contributed by atoms with E-state index in [-0.39, 0.29) is 11.7 Å². The molecule has 0 saturated carbocycles. The van der Waals surface area contributed by atoms with Crippen molar-refractivity contribution in [3.8, 4) is 21.9 Å². The Balaban J connectivity index is 1.64. The molecule has 0 bridgehead atoms. The van der Waals surface area contributed by atoms with Crippen molar-refractivity contribution < 1.29 is 18.7 Å². The van der Waals surface area contributed by atoms with E-state index in [1.54, 1.807) is 38.3 Å². The first-order valence-electron chi connectivity index (χ1n) is 8.84. The fourth-order valence-corrected chi connectivity index (χ4v) is 3.85. The van der Waals surface area contributed by atoms with Crippen LogP contribution >= 0.6 is 11.3 Å². The molecule has 1 amide bonds. The fourth-order valence-electron chi connectivity index (χ4n) is 2.84. The number of carbonyl (C=O) groups excluding carboxylic acids is 1. The molecule has 0 saturated heterocycles. The van der Waals surface area contributed by atoms with Crippen LogP contribution in [0.25, 0.3) is 10.4 Å². The molecule has 28 heavy (non-hydrogen) atoms. The summed E-state index contributed by atoms with van der Waals surface area (Å²) in [5, 5.41) is 0. The van der Waals surface area contributed by atoms with Gasteiger partial charge in [0.1, 0.15) is 5.82 Å². The lowest BCUT2D eigenvalue weighted by atomic mass is 10.1. The zero-order valence-electron chi connectivity index (χ0n) is 16.1. The first-order chi connectivity index (χ1) is 13.5. The molecule has 0 atom stereocenters. The number of likely N-dealkylation sites (N-methyl/N-ethyl adjacent to an activating group) is 1. The first kappa shape index (κ1) is 19.9. The Morgan fingerprint density at radius 1 is 1.00 bits per heavy atom. The highest BCUT2D eigenvalue weighted by molar-refractivity contribution is 7.17. The lowest BCUT2D eigenvalue weighted by Gasteiger charge is -2.17. The van der Waals surface area contributed by atoms with Gasteiger partial charge in [0.25, 0.3) is 5.91 Å². The predicted molar refractivity (Wildman–Crippen MR) is 110 cm³/mol. The largest absolute Gasteiger partial charge is 0.493 e. The van der Waals surface area contributed by atoms with E-state index >= 15 is 0 Å². The highest BCUT2D eigenvalue weighted by Gasteiger charge is 2.15. The molecule has 0 aliphatic heterocycles. The second-order valence-electron chi connectivity index (χ2n) is 6.34. The number of halogens is 1. The van der Waals surface area contributed by atoms with Crippen LogP contribution in [0.5, 0.6) is 11.5 Å². The first-order valence-corrected chi connectivity index (χ1v) is 9.65. The summed E-state index contributed by atoms with van der Waals surface area (Å²) in [6.07, 6.45) is 0.707. The van der Waals surface area contributed by atoms with E-state index in [0.717, 1.165) is 16.0 Å². The lowest BCUT2D eigenvalue weighted by molar-refractivity contribution is 0.0801. The maximum Gasteiger partial charge on any atom is 0.263 e. The Kier molecular flexibility index (Phi) is 6.31. The molecular formula is C22H22FNO3S. The van der Waals surface area contributed by atoms with Gasteiger partial charge in [-0.25, -0.2) is 4.39 Å². The molecule has 4 nitrogen and oxygen atoms in total. The summed E-state index contributed by atoms with van der Waals surface area (Å²) in [4.78, 5) is 16.0. The molecule has 3 aromatic rings. The van der Waals surface area contributed by atoms with Gasteiger partial charge in [-0.3, -0.25) is 4.79 Å². The average Bonchev–Trinajstić information content (AvgIpc) is 3.21. The number of hydrogen-bond acceptors (Lipinski definition) is 4. The second kappa shape index (κ2) is 8.89. The van der Waals surface area contributed by atoms with Gasteiger partial charge in [0, 0.05) is 18.5 Å². The number of methoxy groups -OCH3 is 2. The standard InChI is InChI=1S/C22H22FNO3S/c1-24(13-12-15-4-9-18(26-2)19(14-15)27-3)22(25)21-11-10-20(28-21)16-5-7-17(23)8-6-16/h4-11,14H,12-13H2,1-3H3. The van der Waals surface area contributed by atoms with Gasteiger partial charge < -0.3 is 14.4 Å². The highest BCUT2D eigenvalue weighted by atomic mass is 32.1. The van der Waals surface area contributed by atoms with Gasteiger partial charge in [-0.2, -0.15) is 0 Å². The molecule has 0 aliphatic carbocycles. The smallest absolute Gasteiger partial charge is 0.263 e. The lowest BCUT2D eigenvalue weighted by Crippen LogP contribution is -2.28. The molecule has 1 aromatic heterocycles. The van der Waals surface area contributed by atoms with Crippen molar-refractivity contribution in [1.82, 2.24) is 4.90 Å². The predicted octanol–water partition coefficient (Wildman–Crippen LogP) is 4.89.